The van der Waals surface area contributed by atoms with Gasteiger partial charge >= 0.3 is 6.09 Å². The first-order valence-electron chi connectivity index (χ1n) is 9.20. The Hall–Kier alpha value is -1.87. The van der Waals surface area contributed by atoms with Crippen LogP contribution in [0, 0.1) is 0 Å². The van der Waals surface area contributed by atoms with Gasteiger partial charge in [-0.15, -0.1) is 11.3 Å². The average molecular weight is 382 g/mol. The number of ether oxygens (including phenoxy) is 1. The molecule has 8 nitrogen and oxygen atoms in total. The summed E-state index contributed by atoms with van der Waals surface area (Å²) in [5.41, 5.74) is 0.520. The summed E-state index contributed by atoms with van der Waals surface area (Å²) in [6.07, 6.45) is 1.86. The van der Waals surface area contributed by atoms with Crippen LogP contribution in [0.4, 0.5) is 9.93 Å². The molecule has 1 atom stereocenters. The maximum Gasteiger partial charge on any atom is 0.409 e. The number of likely N-dealkylation sites (tertiary alicyclic amines) is 1. The van der Waals surface area contributed by atoms with Gasteiger partial charge in [-0.3, -0.25) is 9.69 Å². The Morgan fingerprint density at radius 2 is 2.04 bits per heavy atom. The van der Waals surface area contributed by atoms with Crippen molar-refractivity contribution in [1.29, 1.82) is 0 Å². The van der Waals surface area contributed by atoms with Crippen molar-refractivity contribution in [3.8, 4) is 0 Å². The van der Waals surface area contributed by atoms with Gasteiger partial charge in [0.15, 0.2) is 5.13 Å². The quantitative estimate of drug-likeness (QED) is 0.853. The number of nitrogens with one attached hydrogen (secondary N) is 1. The maximum absolute atomic E-state index is 12.7. The van der Waals surface area contributed by atoms with Gasteiger partial charge in [-0.2, -0.15) is 0 Å². The van der Waals surface area contributed by atoms with Crippen LogP contribution in [0.5, 0.6) is 0 Å². The monoisotopic (exact) mass is 381 g/mol. The number of aromatic nitrogens is 1. The summed E-state index contributed by atoms with van der Waals surface area (Å²) in [6, 6.07) is 0.347. The molecule has 1 N–H and O–H groups in total. The molecular weight excluding hydrogens is 354 g/mol. The molecule has 0 bridgehead atoms. The first-order valence-corrected chi connectivity index (χ1v) is 10.1. The zero-order valence-electron chi connectivity index (χ0n) is 15.4. The van der Waals surface area contributed by atoms with Gasteiger partial charge in [0.05, 0.1) is 6.61 Å². The largest absolute Gasteiger partial charge is 0.450 e. The fourth-order valence-corrected chi connectivity index (χ4v) is 4.22. The van der Waals surface area contributed by atoms with E-state index in [1.54, 1.807) is 11.9 Å². The number of thiazole rings is 1. The van der Waals surface area contributed by atoms with Gasteiger partial charge < -0.3 is 19.9 Å². The van der Waals surface area contributed by atoms with Crippen molar-refractivity contribution in [3.63, 3.8) is 0 Å². The Morgan fingerprint density at radius 3 is 2.69 bits per heavy atom. The van der Waals surface area contributed by atoms with Crippen LogP contribution < -0.4 is 5.32 Å². The molecule has 1 aromatic heterocycles. The standard InChI is InChI=1S/C17H27N5O3S/c1-3-25-17(24)21-9-7-20(8-10-21)13-5-4-6-22(11-13)15(23)14-12-26-16(18-2)19-14/h12-13H,3-11H2,1-2H3,(H,18,19)/t13-/m0/s1. The van der Waals surface area contributed by atoms with Crippen LogP contribution >= 0.6 is 11.3 Å². The molecule has 3 rings (SSSR count). The van der Waals surface area contributed by atoms with Gasteiger partial charge in [-0.25, -0.2) is 9.78 Å². The third-order valence-electron chi connectivity index (χ3n) is 4.98. The molecule has 0 unspecified atom stereocenters. The predicted molar refractivity (Wildman–Crippen MR) is 101 cm³/mol. The van der Waals surface area contributed by atoms with Crippen molar-refractivity contribution in [2.75, 3.05) is 58.2 Å². The average Bonchev–Trinajstić information content (AvgIpc) is 3.17. The number of carbonyl (C=O) groups is 2. The lowest BCUT2D eigenvalue weighted by atomic mass is 10.0. The molecule has 2 amide bonds. The zero-order valence-corrected chi connectivity index (χ0v) is 16.3. The van der Waals surface area contributed by atoms with Gasteiger partial charge in [-0.1, -0.05) is 0 Å². The van der Waals surface area contributed by atoms with Crippen molar-refractivity contribution in [2.24, 2.45) is 0 Å². The van der Waals surface area contributed by atoms with Gasteiger partial charge in [0.25, 0.3) is 5.91 Å². The van der Waals surface area contributed by atoms with Crippen LogP contribution in [0.25, 0.3) is 0 Å². The van der Waals surface area contributed by atoms with Gasteiger partial charge in [0, 0.05) is 57.7 Å². The topological polar surface area (TPSA) is 78.0 Å². The SMILES string of the molecule is CCOC(=O)N1CCN([C@H]2CCCN(C(=O)c3csc(NC)n3)C2)CC1. The van der Waals surface area contributed by atoms with Crippen molar-refractivity contribution in [3.05, 3.63) is 11.1 Å². The summed E-state index contributed by atoms with van der Waals surface area (Å²) in [7, 11) is 1.81. The Morgan fingerprint density at radius 1 is 1.27 bits per heavy atom. The number of hydrogen-bond donors (Lipinski definition) is 1. The normalized spacial score (nSPS) is 21.5. The molecule has 3 heterocycles. The van der Waals surface area contributed by atoms with Gasteiger partial charge in [0.1, 0.15) is 5.69 Å². The Labute approximate surface area is 158 Å². The number of hydrogen-bond acceptors (Lipinski definition) is 7. The number of rotatable bonds is 4. The summed E-state index contributed by atoms with van der Waals surface area (Å²) >= 11 is 1.45. The second-order valence-electron chi connectivity index (χ2n) is 6.56. The number of anilines is 1. The Bertz CT molecular complexity index is 630. The van der Waals surface area contributed by atoms with Crippen LogP contribution in [0.3, 0.4) is 0 Å². The lowest BCUT2D eigenvalue weighted by Crippen LogP contribution is -2.56. The highest BCUT2D eigenvalue weighted by Gasteiger charge is 2.32. The van der Waals surface area contributed by atoms with E-state index in [1.165, 1.54) is 11.3 Å². The lowest BCUT2D eigenvalue weighted by molar-refractivity contribution is 0.0376. The molecule has 2 fully saturated rings. The molecule has 0 spiro atoms. The number of piperazine rings is 1. The molecule has 2 saturated heterocycles. The summed E-state index contributed by atoms with van der Waals surface area (Å²) in [5.74, 6) is 0.0117. The van der Waals surface area contributed by atoms with Crippen LogP contribution in [0.2, 0.25) is 0 Å². The van der Waals surface area contributed by atoms with E-state index in [-0.39, 0.29) is 12.0 Å². The smallest absolute Gasteiger partial charge is 0.409 e. The van der Waals surface area contributed by atoms with E-state index >= 15 is 0 Å². The highest BCUT2D eigenvalue weighted by molar-refractivity contribution is 7.13. The Kier molecular flexibility index (Phi) is 6.31. The molecule has 0 saturated carbocycles. The van der Waals surface area contributed by atoms with Crippen molar-refractivity contribution in [1.82, 2.24) is 19.7 Å². The first-order chi connectivity index (χ1) is 12.6. The molecular formula is C17H27N5O3S. The van der Waals surface area contributed by atoms with Crippen LogP contribution in [0.1, 0.15) is 30.3 Å². The van der Waals surface area contributed by atoms with Crippen molar-refractivity contribution < 1.29 is 14.3 Å². The second-order valence-corrected chi connectivity index (χ2v) is 7.42. The summed E-state index contributed by atoms with van der Waals surface area (Å²) in [4.78, 5) is 35.0. The fourth-order valence-electron chi connectivity index (χ4n) is 3.57. The highest BCUT2D eigenvalue weighted by Crippen LogP contribution is 2.21. The molecule has 0 aromatic carbocycles. The second kappa shape index (κ2) is 8.68. The minimum atomic E-state index is -0.225. The van der Waals surface area contributed by atoms with Crippen LogP contribution in [0.15, 0.2) is 5.38 Å². The number of piperidine rings is 1. The molecule has 144 valence electrons. The third-order valence-corrected chi connectivity index (χ3v) is 5.84. The molecule has 0 aliphatic carbocycles. The molecule has 26 heavy (non-hydrogen) atoms. The molecule has 2 aliphatic rings. The highest BCUT2D eigenvalue weighted by atomic mass is 32.1. The van der Waals surface area contributed by atoms with Crippen LogP contribution in [-0.2, 0) is 4.74 Å². The van der Waals surface area contributed by atoms with E-state index in [2.05, 4.69) is 15.2 Å². The number of amides is 2. The van der Waals surface area contributed by atoms with E-state index in [9.17, 15) is 9.59 Å². The molecule has 9 heteroatoms. The van der Waals surface area contributed by atoms with Crippen molar-refractivity contribution >= 4 is 28.5 Å². The summed E-state index contributed by atoms with van der Waals surface area (Å²) in [5, 5.41) is 5.55. The van der Waals surface area contributed by atoms with E-state index in [4.69, 9.17) is 4.74 Å². The maximum atomic E-state index is 12.7. The minimum absolute atomic E-state index is 0.0117. The van der Waals surface area contributed by atoms with E-state index in [1.807, 2.05) is 17.2 Å². The Balaban J connectivity index is 1.54. The van der Waals surface area contributed by atoms with Gasteiger partial charge in [-0.05, 0) is 19.8 Å². The number of carbonyl (C=O) groups excluding carboxylic acids is 2. The summed E-state index contributed by atoms with van der Waals surface area (Å²) in [6.45, 7) is 6.75. The van der Waals surface area contributed by atoms with Crippen LogP contribution in [-0.4, -0.2) is 90.6 Å². The fraction of sp³-hybridized carbons (Fsp3) is 0.706. The molecule has 2 aliphatic heterocycles. The third kappa shape index (κ3) is 4.27. The van der Waals surface area contributed by atoms with E-state index in [0.717, 1.165) is 44.2 Å². The lowest BCUT2D eigenvalue weighted by Gasteiger charge is -2.42. The van der Waals surface area contributed by atoms with Gasteiger partial charge in [0.2, 0.25) is 0 Å². The number of nitrogens with zero attached hydrogens (tertiary/aromatic N) is 4. The van der Waals surface area contributed by atoms with E-state index < -0.39 is 0 Å². The molecule has 1 aromatic rings. The van der Waals surface area contributed by atoms with E-state index in [0.29, 0.717) is 31.4 Å². The van der Waals surface area contributed by atoms with Crippen molar-refractivity contribution in [2.45, 2.75) is 25.8 Å². The minimum Gasteiger partial charge on any atom is -0.450 e. The zero-order chi connectivity index (χ0) is 18.5. The molecule has 0 radical (unpaired) electrons. The predicted octanol–water partition coefficient (Wildman–Crippen LogP) is 1.56. The summed E-state index contributed by atoms with van der Waals surface area (Å²) < 4.78 is 5.08. The first kappa shape index (κ1) is 18.9.